The average molecular weight is 496 g/mol. The number of aryl methyl sites for hydroxylation is 1. The molecule has 0 bridgehead atoms. The molecule has 0 aromatic heterocycles. The van der Waals surface area contributed by atoms with Gasteiger partial charge in [0.15, 0.2) is 5.96 Å². The van der Waals surface area contributed by atoms with Crippen LogP contribution in [0.3, 0.4) is 0 Å². The Morgan fingerprint density at radius 3 is 2.54 bits per heavy atom. The summed E-state index contributed by atoms with van der Waals surface area (Å²) >= 11 is 0. The van der Waals surface area contributed by atoms with Crippen LogP contribution in [0.25, 0.3) is 0 Å². The van der Waals surface area contributed by atoms with Crippen LogP contribution in [0.1, 0.15) is 21.5 Å². The van der Waals surface area contributed by atoms with Gasteiger partial charge in [0.25, 0.3) is 5.91 Å². The number of halogens is 1. The molecule has 0 aliphatic carbocycles. The average Bonchev–Trinajstić information content (AvgIpc) is 2.69. The van der Waals surface area contributed by atoms with Crippen LogP contribution in [0.4, 0.5) is 0 Å². The van der Waals surface area contributed by atoms with E-state index in [9.17, 15) is 4.79 Å². The van der Waals surface area contributed by atoms with Crippen molar-refractivity contribution >= 4 is 35.8 Å². The first kappa shape index (κ1) is 23.7. The summed E-state index contributed by atoms with van der Waals surface area (Å²) in [5.41, 5.74) is 2.95. The van der Waals surface area contributed by atoms with E-state index in [1.54, 1.807) is 14.1 Å². The Balaban J connectivity index is 0.00000392. The van der Waals surface area contributed by atoms with E-state index < -0.39 is 0 Å². The minimum absolute atomic E-state index is 0. The van der Waals surface area contributed by atoms with E-state index >= 15 is 0 Å². The number of rotatable bonds is 8. The number of aliphatic imine (C=N–C) groups is 1. The fraction of sp³-hybridized carbons (Fsp3) is 0.333. The molecular weight excluding hydrogens is 467 g/mol. The van der Waals surface area contributed by atoms with Crippen LogP contribution >= 0.6 is 24.0 Å². The molecule has 0 radical (unpaired) electrons. The summed E-state index contributed by atoms with van der Waals surface area (Å²) < 4.78 is 5.72. The Hall–Kier alpha value is -2.29. The van der Waals surface area contributed by atoms with Gasteiger partial charge < -0.3 is 20.7 Å². The van der Waals surface area contributed by atoms with E-state index in [1.807, 2.05) is 55.5 Å². The molecular formula is C21H29IN4O2. The van der Waals surface area contributed by atoms with Crippen molar-refractivity contribution in [3.8, 4) is 5.75 Å². The molecule has 2 aromatic carbocycles. The van der Waals surface area contributed by atoms with Gasteiger partial charge in [0, 0.05) is 26.2 Å². The second-order valence-electron chi connectivity index (χ2n) is 6.12. The Bertz CT molecular complexity index is 781. The zero-order valence-corrected chi connectivity index (χ0v) is 18.9. The minimum Gasteiger partial charge on any atom is -0.492 e. The summed E-state index contributed by atoms with van der Waals surface area (Å²) in [6.45, 7) is 3.97. The van der Waals surface area contributed by atoms with Crippen molar-refractivity contribution in [2.75, 3.05) is 33.8 Å². The smallest absolute Gasteiger partial charge is 0.251 e. The molecule has 6 nitrogen and oxygen atoms in total. The van der Waals surface area contributed by atoms with Crippen molar-refractivity contribution in [1.29, 1.82) is 0 Å². The van der Waals surface area contributed by atoms with Crippen molar-refractivity contribution in [3.63, 3.8) is 0 Å². The van der Waals surface area contributed by atoms with Gasteiger partial charge in [0.05, 0.1) is 6.54 Å². The molecule has 0 aliphatic rings. The lowest BCUT2D eigenvalue weighted by Gasteiger charge is -2.13. The van der Waals surface area contributed by atoms with Gasteiger partial charge in [0.1, 0.15) is 12.4 Å². The van der Waals surface area contributed by atoms with Crippen LogP contribution in [0.15, 0.2) is 53.5 Å². The zero-order chi connectivity index (χ0) is 19.5. The molecule has 0 saturated carbocycles. The molecule has 0 aliphatic heterocycles. The predicted molar refractivity (Wildman–Crippen MR) is 125 cm³/mol. The Morgan fingerprint density at radius 2 is 1.82 bits per heavy atom. The third-order valence-corrected chi connectivity index (χ3v) is 4.00. The van der Waals surface area contributed by atoms with Crippen molar-refractivity contribution < 1.29 is 9.53 Å². The van der Waals surface area contributed by atoms with E-state index in [1.165, 1.54) is 5.56 Å². The number of nitrogens with zero attached hydrogens (tertiary/aromatic N) is 1. The van der Waals surface area contributed by atoms with Crippen LogP contribution in [0.5, 0.6) is 5.75 Å². The highest BCUT2D eigenvalue weighted by molar-refractivity contribution is 14.0. The quantitative estimate of drug-likeness (QED) is 0.228. The number of hydrogen-bond donors (Lipinski definition) is 3. The van der Waals surface area contributed by atoms with E-state index in [-0.39, 0.29) is 29.9 Å². The maximum absolute atomic E-state index is 11.7. The lowest BCUT2D eigenvalue weighted by atomic mass is 10.1. The SMILES string of the molecule is CN=C(NCCOc1cccc(C)c1)NCCc1cccc(C(=O)NC)c1.I. The highest BCUT2D eigenvalue weighted by atomic mass is 127. The number of carbonyl (C=O) groups is 1. The van der Waals surface area contributed by atoms with Gasteiger partial charge in [-0.3, -0.25) is 9.79 Å². The zero-order valence-electron chi connectivity index (χ0n) is 16.6. The van der Waals surface area contributed by atoms with Crippen LogP contribution in [-0.2, 0) is 6.42 Å². The van der Waals surface area contributed by atoms with Crippen LogP contribution in [0.2, 0.25) is 0 Å². The topological polar surface area (TPSA) is 74.8 Å². The molecule has 0 atom stereocenters. The Kier molecular flexibility index (Phi) is 11.0. The van der Waals surface area contributed by atoms with E-state index in [0.717, 1.165) is 30.2 Å². The molecule has 0 fully saturated rings. The maximum atomic E-state index is 11.7. The van der Waals surface area contributed by atoms with Crippen molar-refractivity contribution in [2.45, 2.75) is 13.3 Å². The first-order valence-electron chi connectivity index (χ1n) is 9.07. The van der Waals surface area contributed by atoms with Crippen LogP contribution < -0.4 is 20.7 Å². The molecule has 0 saturated heterocycles. The van der Waals surface area contributed by atoms with E-state index in [0.29, 0.717) is 18.7 Å². The summed E-state index contributed by atoms with van der Waals surface area (Å²) in [5, 5.41) is 9.14. The number of benzene rings is 2. The standard InChI is InChI=1S/C21H28N4O2.HI/c1-16-6-4-9-19(14-16)27-13-12-25-21(23-3)24-11-10-17-7-5-8-18(15-17)20(26)22-2;/h4-9,14-15H,10-13H2,1-3H3,(H,22,26)(H2,23,24,25);1H. The molecule has 0 heterocycles. The Labute approximate surface area is 184 Å². The molecule has 152 valence electrons. The van der Waals surface area contributed by atoms with Crippen LogP contribution in [0, 0.1) is 6.92 Å². The number of guanidine groups is 1. The second-order valence-corrected chi connectivity index (χ2v) is 6.12. The third kappa shape index (κ3) is 8.16. The summed E-state index contributed by atoms with van der Waals surface area (Å²) in [6.07, 6.45) is 0.797. The summed E-state index contributed by atoms with van der Waals surface area (Å²) in [7, 11) is 3.37. The minimum atomic E-state index is -0.0732. The summed E-state index contributed by atoms with van der Waals surface area (Å²) in [5.74, 6) is 1.52. The van der Waals surface area contributed by atoms with Gasteiger partial charge in [0.2, 0.25) is 0 Å². The fourth-order valence-corrected chi connectivity index (χ4v) is 2.60. The van der Waals surface area contributed by atoms with Gasteiger partial charge in [-0.15, -0.1) is 24.0 Å². The van der Waals surface area contributed by atoms with Gasteiger partial charge in [-0.1, -0.05) is 24.3 Å². The molecule has 0 spiro atoms. The number of carbonyl (C=O) groups excluding carboxylic acids is 1. The monoisotopic (exact) mass is 496 g/mol. The molecule has 3 N–H and O–H groups in total. The fourth-order valence-electron chi connectivity index (χ4n) is 2.60. The summed E-state index contributed by atoms with van der Waals surface area (Å²) in [6, 6.07) is 15.6. The van der Waals surface area contributed by atoms with Crippen molar-refractivity contribution in [3.05, 3.63) is 65.2 Å². The number of amides is 1. The van der Waals surface area contributed by atoms with Crippen molar-refractivity contribution in [1.82, 2.24) is 16.0 Å². The van der Waals surface area contributed by atoms with Crippen molar-refractivity contribution in [2.24, 2.45) is 4.99 Å². The van der Waals surface area contributed by atoms with E-state index in [2.05, 4.69) is 20.9 Å². The first-order valence-corrected chi connectivity index (χ1v) is 9.07. The van der Waals surface area contributed by atoms with Gasteiger partial charge in [-0.25, -0.2) is 0 Å². The third-order valence-electron chi connectivity index (χ3n) is 4.00. The largest absolute Gasteiger partial charge is 0.492 e. The predicted octanol–water partition coefficient (Wildman–Crippen LogP) is 2.76. The molecule has 7 heteroatoms. The molecule has 0 unspecified atom stereocenters. The highest BCUT2D eigenvalue weighted by Gasteiger charge is 2.04. The first-order chi connectivity index (χ1) is 13.1. The highest BCUT2D eigenvalue weighted by Crippen LogP contribution is 2.11. The normalized spacial score (nSPS) is 10.6. The lowest BCUT2D eigenvalue weighted by molar-refractivity contribution is 0.0963. The van der Waals surface area contributed by atoms with Gasteiger partial charge >= 0.3 is 0 Å². The number of ether oxygens (including phenoxy) is 1. The van der Waals surface area contributed by atoms with E-state index in [4.69, 9.17) is 4.74 Å². The number of hydrogen-bond acceptors (Lipinski definition) is 3. The summed E-state index contributed by atoms with van der Waals surface area (Å²) in [4.78, 5) is 15.9. The molecule has 1 amide bonds. The van der Waals surface area contributed by atoms with Gasteiger partial charge in [-0.2, -0.15) is 0 Å². The molecule has 2 aromatic rings. The Morgan fingerprint density at radius 1 is 1.07 bits per heavy atom. The molecule has 2 rings (SSSR count). The maximum Gasteiger partial charge on any atom is 0.251 e. The second kappa shape index (κ2) is 13.0. The number of nitrogens with one attached hydrogen (secondary N) is 3. The van der Waals surface area contributed by atoms with Crippen LogP contribution in [-0.4, -0.2) is 45.7 Å². The lowest BCUT2D eigenvalue weighted by Crippen LogP contribution is -2.40. The molecule has 28 heavy (non-hydrogen) atoms. The van der Waals surface area contributed by atoms with Gasteiger partial charge in [-0.05, 0) is 48.7 Å².